The fourth-order valence-corrected chi connectivity index (χ4v) is 1.66. The highest BCUT2D eigenvalue weighted by Crippen LogP contribution is 2.30. The van der Waals surface area contributed by atoms with Crippen LogP contribution in [-0.2, 0) is 9.53 Å². The van der Waals surface area contributed by atoms with E-state index >= 15 is 0 Å². The van der Waals surface area contributed by atoms with Crippen LogP contribution in [0.1, 0.15) is 25.7 Å². The number of aliphatic carboxylic acids is 1. The number of ether oxygens (including phenoxy) is 1. The second kappa shape index (κ2) is 4.10. The molecule has 4 heteroatoms. The first-order chi connectivity index (χ1) is 5.71. The Morgan fingerprint density at radius 2 is 2.42 bits per heavy atom. The number of carboxylic acids is 1. The van der Waals surface area contributed by atoms with Gasteiger partial charge in [-0.2, -0.15) is 0 Å². The summed E-state index contributed by atoms with van der Waals surface area (Å²) in [4.78, 5) is 10.9. The second-order valence-electron chi connectivity index (χ2n) is 3.04. The summed E-state index contributed by atoms with van der Waals surface area (Å²) in [5.41, 5.74) is -0.922. The largest absolute Gasteiger partial charge is 0.479 e. The second-order valence-corrected chi connectivity index (χ2v) is 3.42. The van der Waals surface area contributed by atoms with Crippen molar-refractivity contribution in [1.82, 2.24) is 0 Å². The lowest BCUT2D eigenvalue weighted by Gasteiger charge is -2.22. The molecule has 0 amide bonds. The molecule has 1 N–H and O–H groups in total. The van der Waals surface area contributed by atoms with E-state index in [0.717, 1.165) is 6.42 Å². The lowest BCUT2D eigenvalue weighted by Crippen LogP contribution is -2.37. The monoisotopic (exact) mass is 192 g/mol. The third-order valence-electron chi connectivity index (χ3n) is 2.21. The average Bonchev–Trinajstić information content (AvgIpc) is 2.50. The van der Waals surface area contributed by atoms with Gasteiger partial charge in [-0.3, -0.25) is 0 Å². The first-order valence-electron chi connectivity index (χ1n) is 4.14. The Labute approximate surface area is 76.7 Å². The molecular weight excluding hydrogens is 180 g/mol. The van der Waals surface area contributed by atoms with E-state index in [1.54, 1.807) is 0 Å². The Morgan fingerprint density at radius 1 is 1.67 bits per heavy atom. The van der Waals surface area contributed by atoms with Gasteiger partial charge in [0.25, 0.3) is 0 Å². The van der Waals surface area contributed by atoms with E-state index in [2.05, 4.69) is 0 Å². The number of halogens is 1. The molecule has 0 aromatic rings. The Hall–Kier alpha value is -0.280. The van der Waals surface area contributed by atoms with E-state index in [1.807, 2.05) is 0 Å². The van der Waals surface area contributed by atoms with Crippen LogP contribution in [-0.4, -0.2) is 29.2 Å². The van der Waals surface area contributed by atoms with Gasteiger partial charge in [0.1, 0.15) is 0 Å². The van der Waals surface area contributed by atoms with E-state index in [9.17, 15) is 4.79 Å². The van der Waals surface area contributed by atoms with Crippen molar-refractivity contribution >= 4 is 17.6 Å². The van der Waals surface area contributed by atoms with Gasteiger partial charge < -0.3 is 9.84 Å². The van der Waals surface area contributed by atoms with Crippen LogP contribution in [0.5, 0.6) is 0 Å². The predicted octanol–water partition coefficient (Wildman–Crippen LogP) is 1.64. The van der Waals surface area contributed by atoms with E-state index in [4.69, 9.17) is 21.4 Å². The molecule has 1 rings (SSSR count). The smallest absolute Gasteiger partial charge is 0.335 e. The molecule has 1 heterocycles. The van der Waals surface area contributed by atoms with Crippen LogP contribution in [0.4, 0.5) is 0 Å². The molecule has 1 fully saturated rings. The Bertz CT molecular complexity index is 164. The SMILES string of the molecule is O=C(O)C1(CCCCl)CCCO1. The number of hydrogen-bond acceptors (Lipinski definition) is 2. The van der Waals surface area contributed by atoms with Crippen molar-refractivity contribution in [3.8, 4) is 0 Å². The maximum atomic E-state index is 10.9. The summed E-state index contributed by atoms with van der Waals surface area (Å²) in [6, 6.07) is 0. The number of carbonyl (C=O) groups is 1. The zero-order valence-electron chi connectivity index (χ0n) is 6.88. The maximum Gasteiger partial charge on any atom is 0.335 e. The van der Waals surface area contributed by atoms with Gasteiger partial charge in [0.2, 0.25) is 0 Å². The average molecular weight is 193 g/mol. The van der Waals surface area contributed by atoms with Gasteiger partial charge in [-0.15, -0.1) is 11.6 Å². The molecule has 0 aromatic carbocycles. The molecule has 0 saturated carbocycles. The van der Waals surface area contributed by atoms with Gasteiger partial charge in [0.15, 0.2) is 5.60 Å². The number of hydrogen-bond donors (Lipinski definition) is 1. The Balaban J connectivity index is 2.53. The fraction of sp³-hybridized carbons (Fsp3) is 0.875. The molecule has 70 valence electrons. The molecule has 1 aliphatic heterocycles. The van der Waals surface area contributed by atoms with Crippen molar-refractivity contribution in [1.29, 1.82) is 0 Å². The lowest BCUT2D eigenvalue weighted by atomic mass is 9.95. The summed E-state index contributed by atoms with van der Waals surface area (Å²) in [5, 5.41) is 8.92. The minimum Gasteiger partial charge on any atom is -0.479 e. The highest BCUT2D eigenvalue weighted by Gasteiger charge is 2.41. The number of alkyl halides is 1. The van der Waals surface area contributed by atoms with Crippen molar-refractivity contribution in [2.45, 2.75) is 31.3 Å². The molecule has 12 heavy (non-hydrogen) atoms. The molecule has 0 radical (unpaired) electrons. The van der Waals surface area contributed by atoms with E-state index in [1.165, 1.54) is 0 Å². The zero-order valence-corrected chi connectivity index (χ0v) is 7.64. The highest BCUT2D eigenvalue weighted by atomic mass is 35.5. The first-order valence-corrected chi connectivity index (χ1v) is 4.68. The fourth-order valence-electron chi connectivity index (χ4n) is 1.52. The van der Waals surface area contributed by atoms with Crippen LogP contribution in [0.3, 0.4) is 0 Å². The molecule has 1 unspecified atom stereocenters. The molecule has 0 bridgehead atoms. The third kappa shape index (κ3) is 1.90. The lowest BCUT2D eigenvalue weighted by molar-refractivity contribution is -0.160. The number of rotatable bonds is 4. The summed E-state index contributed by atoms with van der Waals surface area (Å²) in [6.07, 6.45) is 2.70. The minimum absolute atomic E-state index is 0.498. The summed E-state index contributed by atoms with van der Waals surface area (Å²) in [6.45, 7) is 0.564. The van der Waals surface area contributed by atoms with Gasteiger partial charge >= 0.3 is 5.97 Å². The maximum absolute atomic E-state index is 10.9. The summed E-state index contributed by atoms with van der Waals surface area (Å²) < 4.78 is 5.25. The van der Waals surface area contributed by atoms with Crippen molar-refractivity contribution in [2.24, 2.45) is 0 Å². The quantitative estimate of drug-likeness (QED) is 0.689. The summed E-state index contributed by atoms with van der Waals surface area (Å²) >= 11 is 5.50. The molecule has 0 spiro atoms. The van der Waals surface area contributed by atoms with Crippen LogP contribution in [0.2, 0.25) is 0 Å². The summed E-state index contributed by atoms with van der Waals surface area (Å²) in [7, 11) is 0. The van der Waals surface area contributed by atoms with Crippen LogP contribution < -0.4 is 0 Å². The van der Waals surface area contributed by atoms with Crippen molar-refractivity contribution in [2.75, 3.05) is 12.5 Å². The van der Waals surface area contributed by atoms with Crippen LogP contribution >= 0.6 is 11.6 Å². The number of carboxylic acid groups (broad SMARTS) is 1. The Kier molecular flexibility index (Phi) is 3.35. The van der Waals surface area contributed by atoms with Crippen molar-refractivity contribution in [3.63, 3.8) is 0 Å². The van der Waals surface area contributed by atoms with Crippen molar-refractivity contribution < 1.29 is 14.6 Å². The Morgan fingerprint density at radius 3 is 2.83 bits per heavy atom. The van der Waals surface area contributed by atoms with Crippen molar-refractivity contribution in [3.05, 3.63) is 0 Å². The molecule has 1 atom stereocenters. The molecule has 0 aromatic heterocycles. The van der Waals surface area contributed by atoms with Gasteiger partial charge in [-0.1, -0.05) is 0 Å². The third-order valence-corrected chi connectivity index (χ3v) is 2.47. The molecule has 0 aliphatic carbocycles. The van der Waals surface area contributed by atoms with Crippen LogP contribution in [0.15, 0.2) is 0 Å². The standard InChI is InChI=1S/C8H13ClO3/c9-5-1-3-8(7(10)11)4-2-6-12-8/h1-6H2,(H,10,11). The van der Waals surface area contributed by atoms with Crippen LogP contribution in [0, 0.1) is 0 Å². The normalized spacial score (nSPS) is 29.1. The van der Waals surface area contributed by atoms with Crippen LogP contribution in [0.25, 0.3) is 0 Å². The first kappa shape index (κ1) is 9.81. The van der Waals surface area contributed by atoms with E-state index in [-0.39, 0.29) is 0 Å². The topological polar surface area (TPSA) is 46.5 Å². The zero-order chi connectivity index (χ0) is 9.03. The van der Waals surface area contributed by atoms with Gasteiger partial charge in [0.05, 0.1) is 0 Å². The molecular formula is C8H13ClO3. The molecule has 1 aliphatic rings. The highest BCUT2D eigenvalue weighted by molar-refractivity contribution is 6.17. The van der Waals surface area contributed by atoms with E-state index in [0.29, 0.717) is 31.7 Å². The predicted molar refractivity (Wildman–Crippen MR) is 45.5 cm³/mol. The van der Waals surface area contributed by atoms with E-state index < -0.39 is 11.6 Å². The molecule has 1 saturated heterocycles. The van der Waals surface area contributed by atoms with Gasteiger partial charge in [-0.05, 0) is 25.7 Å². The van der Waals surface area contributed by atoms with Gasteiger partial charge in [0, 0.05) is 12.5 Å². The van der Waals surface area contributed by atoms with Gasteiger partial charge in [-0.25, -0.2) is 4.79 Å². The minimum atomic E-state index is -0.922. The molecule has 3 nitrogen and oxygen atoms in total. The summed E-state index contributed by atoms with van der Waals surface area (Å²) in [5.74, 6) is -0.344.